The molecule has 0 unspecified atom stereocenters. The molecule has 1 heterocycles. The lowest BCUT2D eigenvalue weighted by molar-refractivity contribution is 0.102. The maximum absolute atomic E-state index is 12.3. The van der Waals surface area contributed by atoms with Gasteiger partial charge in [0.05, 0.1) is 4.90 Å². The molecule has 0 aliphatic rings. The van der Waals surface area contributed by atoms with Gasteiger partial charge in [-0.1, -0.05) is 12.1 Å². The van der Waals surface area contributed by atoms with E-state index in [0.717, 1.165) is 0 Å². The number of hydrogen-bond acceptors (Lipinski definition) is 5. The zero-order valence-electron chi connectivity index (χ0n) is 13.5. The standard InChI is InChI=1S/C18H15N3O3S2/c22-18(13-4-3-5-15(25)12-13)20-14-7-9-16(10-8-14)26(23,24)21-17-6-1-2-11-19-17/h1-12,25H,(H,19,21)(H,20,22). The fourth-order valence-corrected chi connectivity index (χ4v) is 3.42. The molecular weight excluding hydrogens is 370 g/mol. The summed E-state index contributed by atoms with van der Waals surface area (Å²) in [5.41, 5.74) is 0.947. The Morgan fingerprint density at radius 1 is 0.962 bits per heavy atom. The van der Waals surface area contributed by atoms with Crippen molar-refractivity contribution in [2.45, 2.75) is 9.79 Å². The fraction of sp³-hybridized carbons (Fsp3) is 0. The van der Waals surface area contributed by atoms with Gasteiger partial charge in [-0.2, -0.15) is 0 Å². The van der Waals surface area contributed by atoms with Crippen LogP contribution in [0.3, 0.4) is 0 Å². The fourth-order valence-electron chi connectivity index (χ4n) is 2.19. The lowest BCUT2D eigenvalue weighted by atomic mass is 10.2. The largest absolute Gasteiger partial charge is 0.322 e. The molecule has 0 aliphatic carbocycles. The SMILES string of the molecule is O=C(Nc1ccc(S(=O)(=O)Nc2ccccn2)cc1)c1cccc(S)c1. The molecule has 2 N–H and O–H groups in total. The van der Waals surface area contributed by atoms with Crippen molar-refractivity contribution in [3.63, 3.8) is 0 Å². The van der Waals surface area contributed by atoms with Crippen LogP contribution in [0.25, 0.3) is 0 Å². The Labute approximate surface area is 156 Å². The highest BCUT2D eigenvalue weighted by atomic mass is 32.2. The Hall–Kier alpha value is -2.84. The summed E-state index contributed by atoms with van der Waals surface area (Å²) < 4.78 is 27.1. The van der Waals surface area contributed by atoms with Gasteiger partial charge in [0.15, 0.2) is 0 Å². The number of pyridine rings is 1. The van der Waals surface area contributed by atoms with E-state index in [0.29, 0.717) is 16.1 Å². The van der Waals surface area contributed by atoms with Crippen LogP contribution in [-0.4, -0.2) is 19.3 Å². The third-order valence-corrected chi connectivity index (χ3v) is 5.08. The summed E-state index contributed by atoms with van der Waals surface area (Å²) in [7, 11) is -3.75. The molecule has 8 heteroatoms. The van der Waals surface area contributed by atoms with Crippen LogP contribution in [-0.2, 0) is 10.0 Å². The first-order valence-corrected chi connectivity index (χ1v) is 9.51. The third kappa shape index (κ3) is 4.41. The van der Waals surface area contributed by atoms with Gasteiger partial charge in [-0.05, 0) is 54.6 Å². The van der Waals surface area contributed by atoms with Crippen LogP contribution >= 0.6 is 12.6 Å². The minimum atomic E-state index is -3.75. The van der Waals surface area contributed by atoms with Gasteiger partial charge in [-0.15, -0.1) is 12.6 Å². The number of nitrogens with one attached hydrogen (secondary N) is 2. The highest BCUT2D eigenvalue weighted by molar-refractivity contribution is 7.92. The van der Waals surface area contributed by atoms with E-state index in [2.05, 4.69) is 27.7 Å². The monoisotopic (exact) mass is 385 g/mol. The molecule has 0 saturated heterocycles. The maximum Gasteiger partial charge on any atom is 0.263 e. The summed E-state index contributed by atoms with van der Waals surface area (Å²) in [5, 5.41) is 2.71. The number of nitrogens with zero attached hydrogens (tertiary/aromatic N) is 1. The molecule has 3 rings (SSSR count). The van der Waals surface area contributed by atoms with Crippen LogP contribution in [0.5, 0.6) is 0 Å². The molecular formula is C18H15N3O3S2. The lowest BCUT2D eigenvalue weighted by Crippen LogP contribution is -2.14. The predicted octanol–water partition coefficient (Wildman–Crippen LogP) is 3.42. The molecule has 1 aromatic heterocycles. The first kappa shape index (κ1) is 18.0. The highest BCUT2D eigenvalue weighted by Crippen LogP contribution is 2.18. The van der Waals surface area contributed by atoms with Crippen molar-refractivity contribution in [1.29, 1.82) is 0 Å². The maximum atomic E-state index is 12.3. The molecule has 2 aromatic carbocycles. The van der Waals surface area contributed by atoms with Crippen LogP contribution in [0.15, 0.2) is 82.7 Å². The number of aromatic nitrogens is 1. The van der Waals surface area contributed by atoms with Crippen molar-refractivity contribution < 1.29 is 13.2 Å². The summed E-state index contributed by atoms with van der Waals surface area (Å²) in [5.74, 6) is -0.0698. The van der Waals surface area contributed by atoms with Crippen molar-refractivity contribution in [2.75, 3.05) is 10.0 Å². The van der Waals surface area contributed by atoms with E-state index >= 15 is 0 Å². The molecule has 26 heavy (non-hydrogen) atoms. The summed E-state index contributed by atoms with van der Waals surface area (Å²) in [6.45, 7) is 0. The quantitative estimate of drug-likeness (QED) is 0.587. The van der Waals surface area contributed by atoms with Gasteiger partial charge < -0.3 is 5.32 Å². The van der Waals surface area contributed by atoms with E-state index < -0.39 is 10.0 Å². The molecule has 1 amide bonds. The van der Waals surface area contributed by atoms with Gasteiger partial charge in [0.2, 0.25) is 0 Å². The Morgan fingerprint density at radius 2 is 1.73 bits per heavy atom. The number of carbonyl (C=O) groups excluding carboxylic acids is 1. The third-order valence-electron chi connectivity index (χ3n) is 3.43. The molecule has 6 nitrogen and oxygen atoms in total. The number of amides is 1. The summed E-state index contributed by atoms with van der Waals surface area (Å²) in [4.78, 5) is 16.9. The van der Waals surface area contributed by atoms with Crippen LogP contribution < -0.4 is 10.0 Å². The smallest absolute Gasteiger partial charge is 0.263 e. The van der Waals surface area contributed by atoms with E-state index in [-0.39, 0.29) is 16.6 Å². The van der Waals surface area contributed by atoms with Crippen LogP contribution in [0.1, 0.15) is 10.4 Å². The Kier molecular flexibility index (Phi) is 5.24. The van der Waals surface area contributed by atoms with Gasteiger partial charge >= 0.3 is 0 Å². The first-order chi connectivity index (χ1) is 12.4. The number of anilines is 2. The number of carbonyl (C=O) groups is 1. The minimum Gasteiger partial charge on any atom is -0.322 e. The van der Waals surface area contributed by atoms with Crippen LogP contribution in [0.4, 0.5) is 11.5 Å². The summed E-state index contributed by atoms with van der Waals surface area (Å²) in [6, 6.07) is 17.6. The second-order valence-electron chi connectivity index (χ2n) is 5.35. The van der Waals surface area contributed by atoms with Crippen molar-refractivity contribution >= 4 is 40.1 Å². The van der Waals surface area contributed by atoms with Crippen molar-refractivity contribution in [2.24, 2.45) is 0 Å². The first-order valence-electron chi connectivity index (χ1n) is 7.58. The van der Waals surface area contributed by atoms with E-state index in [1.807, 2.05) is 0 Å². The van der Waals surface area contributed by atoms with Crippen molar-refractivity contribution in [1.82, 2.24) is 4.98 Å². The topological polar surface area (TPSA) is 88.2 Å². The second-order valence-corrected chi connectivity index (χ2v) is 7.55. The average Bonchev–Trinajstić information content (AvgIpc) is 2.62. The molecule has 3 aromatic rings. The second kappa shape index (κ2) is 7.59. The number of thiol groups is 1. The number of hydrogen-bond donors (Lipinski definition) is 3. The zero-order chi connectivity index (χ0) is 18.6. The van der Waals surface area contributed by atoms with Gasteiger partial charge in [-0.25, -0.2) is 13.4 Å². The highest BCUT2D eigenvalue weighted by Gasteiger charge is 2.15. The molecule has 0 saturated carbocycles. The average molecular weight is 385 g/mol. The van der Waals surface area contributed by atoms with E-state index in [1.54, 1.807) is 42.5 Å². The minimum absolute atomic E-state index is 0.0681. The van der Waals surface area contributed by atoms with Gasteiger partial charge in [-0.3, -0.25) is 9.52 Å². The lowest BCUT2D eigenvalue weighted by Gasteiger charge is -2.09. The molecule has 0 atom stereocenters. The number of benzene rings is 2. The number of sulfonamides is 1. The molecule has 0 radical (unpaired) electrons. The molecule has 0 spiro atoms. The van der Waals surface area contributed by atoms with Crippen LogP contribution in [0.2, 0.25) is 0 Å². The molecule has 0 aliphatic heterocycles. The Morgan fingerprint density at radius 3 is 2.38 bits per heavy atom. The number of rotatable bonds is 5. The summed E-state index contributed by atoms with van der Waals surface area (Å²) in [6.07, 6.45) is 1.50. The van der Waals surface area contributed by atoms with E-state index in [1.165, 1.54) is 30.5 Å². The molecule has 132 valence electrons. The molecule has 0 bridgehead atoms. The van der Waals surface area contributed by atoms with Crippen LogP contribution in [0, 0.1) is 0 Å². The normalized spacial score (nSPS) is 11.0. The Balaban J connectivity index is 1.73. The van der Waals surface area contributed by atoms with Gasteiger partial charge in [0.1, 0.15) is 5.82 Å². The summed E-state index contributed by atoms with van der Waals surface area (Å²) >= 11 is 4.20. The van der Waals surface area contributed by atoms with Gasteiger partial charge in [0, 0.05) is 22.3 Å². The van der Waals surface area contributed by atoms with Gasteiger partial charge in [0.25, 0.3) is 15.9 Å². The van der Waals surface area contributed by atoms with Crippen molar-refractivity contribution in [3.05, 3.63) is 78.5 Å². The Bertz CT molecular complexity index is 1020. The van der Waals surface area contributed by atoms with E-state index in [4.69, 9.17) is 0 Å². The zero-order valence-corrected chi connectivity index (χ0v) is 15.2. The van der Waals surface area contributed by atoms with Crippen molar-refractivity contribution in [3.8, 4) is 0 Å². The predicted molar refractivity (Wildman–Crippen MR) is 103 cm³/mol. The molecule has 0 fully saturated rings. The van der Waals surface area contributed by atoms with E-state index in [9.17, 15) is 13.2 Å².